The summed E-state index contributed by atoms with van der Waals surface area (Å²) in [5, 5.41) is 0. The Labute approximate surface area is 119 Å². The van der Waals surface area contributed by atoms with Crippen molar-refractivity contribution in [3.05, 3.63) is 35.1 Å². The molecule has 0 bridgehead atoms. The Morgan fingerprint density at radius 1 is 1.19 bits per heavy atom. The number of amides is 2. The summed E-state index contributed by atoms with van der Waals surface area (Å²) in [6.45, 7) is 0.385. The molecule has 0 aromatic heterocycles. The standard InChI is InChI=1S/C14H14F3NO3/c15-10-7-12(17)11(16)6-9(10)2-1-3-13(19)18-4-5-21-8-14(18)20/h6-7H,1-5,8H2. The van der Waals surface area contributed by atoms with Crippen LogP contribution in [0.3, 0.4) is 0 Å². The number of benzene rings is 1. The SMILES string of the molecule is O=C(CCCc1cc(F)c(F)cc1F)N1CCOCC1=O. The van der Waals surface area contributed by atoms with Crippen LogP contribution in [0.15, 0.2) is 12.1 Å². The maximum Gasteiger partial charge on any atom is 0.255 e. The summed E-state index contributed by atoms with van der Waals surface area (Å²) >= 11 is 0. The Morgan fingerprint density at radius 3 is 2.62 bits per heavy atom. The van der Waals surface area contributed by atoms with Crippen molar-refractivity contribution in [1.29, 1.82) is 0 Å². The third kappa shape index (κ3) is 3.81. The van der Waals surface area contributed by atoms with Crippen molar-refractivity contribution in [3.63, 3.8) is 0 Å². The molecule has 0 unspecified atom stereocenters. The van der Waals surface area contributed by atoms with Crippen LogP contribution in [-0.4, -0.2) is 36.5 Å². The maximum absolute atomic E-state index is 13.4. The van der Waals surface area contributed by atoms with Crippen LogP contribution in [0.1, 0.15) is 18.4 Å². The number of halogens is 3. The van der Waals surface area contributed by atoms with E-state index >= 15 is 0 Å². The van der Waals surface area contributed by atoms with Gasteiger partial charge in [-0.1, -0.05) is 0 Å². The quantitative estimate of drug-likeness (QED) is 0.797. The number of aryl methyl sites for hydroxylation is 1. The fourth-order valence-electron chi connectivity index (χ4n) is 2.10. The summed E-state index contributed by atoms with van der Waals surface area (Å²) in [6, 6.07) is 1.27. The molecule has 4 nitrogen and oxygen atoms in total. The predicted octanol–water partition coefficient (Wildman–Crippen LogP) is 1.81. The average molecular weight is 301 g/mol. The Bertz CT molecular complexity index is 563. The largest absolute Gasteiger partial charge is 0.370 e. The van der Waals surface area contributed by atoms with Crippen LogP contribution in [0.2, 0.25) is 0 Å². The molecule has 1 aliphatic heterocycles. The zero-order valence-corrected chi connectivity index (χ0v) is 11.2. The number of carbonyl (C=O) groups is 2. The van der Waals surface area contributed by atoms with Gasteiger partial charge in [0.25, 0.3) is 5.91 Å². The van der Waals surface area contributed by atoms with Crippen LogP contribution in [0.5, 0.6) is 0 Å². The summed E-state index contributed by atoms with van der Waals surface area (Å²) in [4.78, 5) is 24.4. The van der Waals surface area contributed by atoms with Crippen LogP contribution in [0, 0.1) is 17.5 Å². The molecule has 0 radical (unpaired) electrons. The molecule has 7 heteroatoms. The number of hydrogen-bond acceptors (Lipinski definition) is 3. The smallest absolute Gasteiger partial charge is 0.255 e. The highest BCUT2D eigenvalue weighted by atomic mass is 19.2. The number of ether oxygens (including phenoxy) is 1. The second kappa shape index (κ2) is 6.71. The van der Waals surface area contributed by atoms with Crippen molar-refractivity contribution < 1.29 is 27.5 Å². The molecular formula is C14H14F3NO3. The van der Waals surface area contributed by atoms with Gasteiger partial charge in [-0.15, -0.1) is 0 Å². The number of rotatable bonds is 4. The van der Waals surface area contributed by atoms with E-state index in [2.05, 4.69) is 0 Å². The molecule has 2 amide bonds. The zero-order valence-electron chi connectivity index (χ0n) is 11.2. The van der Waals surface area contributed by atoms with Gasteiger partial charge in [-0.25, -0.2) is 13.2 Å². The van der Waals surface area contributed by atoms with E-state index in [4.69, 9.17) is 4.74 Å². The first-order chi connectivity index (χ1) is 9.99. The molecule has 1 aromatic carbocycles. The molecule has 0 spiro atoms. The monoisotopic (exact) mass is 301 g/mol. The van der Waals surface area contributed by atoms with Crippen molar-refractivity contribution in [2.45, 2.75) is 19.3 Å². The van der Waals surface area contributed by atoms with Gasteiger partial charge < -0.3 is 4.74 Å². The van der Waals surface area contributed by atoms with E-state index in [-0.39, 0.29) is 43.9 Å². The zero-order chi connectivity index (χ0) is 15.4. The highest BCUT2D eigenvalue weighted by Crippen LogP contribution is 2.16. The summed E-state index contributed by atoms with van der Waals surface area (Å²) in [7, 11) is 0. The highest BCUT2D eigenvalue weighted by Gasteiger charge is 2.24. The highest BCUT2D eigenvalue weighted by molar-refractivity contribution is 5.96. The van der Waals surface area contributed by atoms with Gasteiger partial charge in [-0.2, -0.15) is 0 Å². The molecule has 1 saturated heterocycles. The van der Waals surface area contributed by atoms with Crippen molar-refractivity contribution in [3.8, 4) is 0 Å². The molecule has 0 aliphatic carbocycles. The van der Waals surface area contributed by atoms with Crippen molar-refractivity contribution in [2.24, 2.45) is 0 Å². The van der Waals surface area contributed by atoms with Gasteiger partial charge in [-0.05, 0) is 24.5 Å². The van der Waals surface area contributed by atoms with E-state index in [1.807, 2.05) is 0 Å². The van der Waals surface area contributed by atoms with E-state index in [9.17, 15) is 22.8 Å². The molecule has 1 aromatic rings. The molecule has 114 valence electrons. The number of nitrogens with zero attached hydrogens (tertiary/aromatic N) is 1. The Morgan fingerprint density at radius 2 is 1.90 bits per heavy atom. The van der Waals surface area contributed by atoms with Crippen LogP contribution >= 0.6 is 0 Å². The topological polar surface area (TPSA) is 46.6 Å². The summed E-state index contributed by atoms with van der Waals surface area (Å²) in [5.41, 5.74) is 0.00926. The third-order valence-electron chi connectivity index (χ3n) is 3.21. The van der Waals surface area contributed by atoms with E-state index in [1.54, 1.807) is 0 Å². The van der Waals surface area contributed by atoms with Crippen molar-refractivity contribution in [2.75, 3.05) is 19.8 Å². The third-order valence-corrected chi connectivity index (χ3v) is 3.21. The second-order valence-electron chi connectivity index (χ2n) is 4.70. The summed E-state index contributed by atoms with van der Waals surface area (Å²) in [6.07, 6.45) is 0.364. The lowest BCUT2D eigenvalue weighted by molar-refractivity contribution is -0.153. The minimum Gasteiger partial charge on any atom is -0.370 e. The lowest BCUT2D eigenvalue weighted by atomic mass is 10.1. The fourth-order valence-corrected chi connectivity index (χ4v) is 2.10. The van der Waals surface area contributed by atoms with E-state index in [0.29, 0.717) is 12.7 Å². The van der Waals surface area contributed by atoms with Gasteiger partial charge in [0.2, 0.25) is 5.91 Å². The lowest BCUT2D eigenvalue weighted by Crippen LogP contribution is -2.45. The fraction of sp³-hybridized carbons (Fsp3) is 0.429. The van der Waals surface area contributed by atoms with Crippen LogP contribution in [0.25, 0.3) is 0 Å². The molecule has 0 atom stereocenters. The summed E-state index contributed by atoms with van der Waals surface area (Å²) in [5.74, 6) is -3.98. The van der Waals surface area contributed by atoms with Crippen LogP contribution in [-0.2, 0) is 20.7 Å². The Kier molecular flexibility index (Phi) is 4.95. The predicted molar refractivity (Wildman–Crippen MR) is 66.8 cm³/mol. The molecule has 1 fully saturated rings. The number of imide groups is 1. The maximum atomic E-state index is 13.4. The van der Waals surface area contributed by atoms with Crippen molar-refractivity contribution >= 4 is 11.8 Å². The molecule has 1 aliphatic rings. The molecular weight excluding hydrogens is 287 g/mol. The van der Waals surface area contributed by atoms with Gasteiger partial charge >= 0.3 is 0 Å². The Hall–Kier alpha value is -1.89. The molecule has 0 N–H and O–H groups in total. The first kappa shape index (κ1) is 15.5. The van der Waals surface area contributed by atoms with E-state index in [0.717, 1.165) is 11.0 Å². The van der Waals surface area contributed by atoms with Gasteiger partial charge in [-0.3, -0.25) is 14.5 Å². The number of hydrogen-bond donors (Lipinski definition) is 0. The average Bonchev–Trinajstić information content (AvgIpc) is 2.44. The van der Waals surface area contributed by atoms with Gasteiger partial charge in [0, 0.05) is 12.5 Å². The van der Waals surface area contributed by atoms with E-state index < -0.39 is 23.4 Å². The molecule has 21 heavy (non-hydrogen) atoms. The van der Waals surface area contributed by atoms with Crippen LogP contribution < -0.4 is 0 Å². The second-order valence-corrected chi connectivity index (χ2v) is 4.70. The van der Waals surface area contributed by atoms with Crippen molar-refractivity contribution in [1.82, 2.24) is 4.90 Å². The first-order valence-electron chi connectivity index (χ1n) is 6.53. The van der Waals surface area contributed by atoms with E-state index in [1.165, 1.54) is 0 Å². The minimum atomic E-state index is -1.24. The molecule has 2 rings (SSSR count). The van der Waals surface area contributed by atoms with Gasteiger partial charge in [0.05, 0.1) is 13.2 Å². The molecule has 0 saturated carbocycles. The first-order valence-corrected chi connectivity index (χ1v) is 6.53. The number of morpholine rings is 1. The normalized spacial score (nSPS) is 15.4. The molecule has 1 heterocycles. The summed E-state index contributed by atoms with van der Waals surface area (Å²) < 4.78 is 44.1. The van der Waals surface area contributed by atoms with Gasteiger partial charge in [0.1, 0.15) is 12.4 Å². The minimum absolute atomic E-state index is 0.00926. The van der Waals surface area contributed by atoms with Gasteiger partial charge in [0.15, 0.2) is 11.6 Å². The van der Waals surface area contributed by atoms with Crippen LogP contribution in [0.4, 0.5) is 13.2 Å². The Balaban J connectivity index is 1.88. The lowest BCUT2D eigenvalue weighted by Gasteiger charge is -2.24. The number of carbonyl (C=O) groups excluding carboxylic acids is 2.